The van der Waals surface area contributed by atoms with Crippen LogP contribution in [0.3, 0.4) is 0 Å². The van der Waals surface area contributed by atoms with Crippen molar-refractivity contribution in [3.05, 3.63) is 24.4 Å². The molecule has 1 N–H and O–H groups in total. The monoisotopic (exact) mass is 194 g/mol. The van der Waals surface area contributed by atoms with Gasteiger partial charge in [-0.25, -0.2) is 9.37 Å². The van der Waals surface area contributed by atoms with Crippen LogP contribution in [0.1, 0.15) is 25.7 Å². The topological polar surface area (TPSA) is 24.9 Å². The van der Waals surface area contributed by atoms with Gasteiger partial charge in [0.25, 0.3) is 0 Å². The quantitative estimate of drug-likeness (QED) is 0.783. The molecule has 1 saturated carbocycles. The van der Waals surface area contributed by atoms with E-state index in [1.54, 1.807) is 6.20 Å². The Balaban J connectivity index is 1.87. The lowest BCUT2D eigenvalue weighted by Gasteiger charge is -2.25. The van der Waals surface area contributed by atoms with Gasteiger partial charge < -0.3 is 5.32 Å². The normalized spacial score (nSPS) is 27.2. The molecule has 1 fully saturated rings. The molecule has 1 aromatic rings. The molecule has 0 aromatic carbocycles. The molecule has 76 valence electrons. The van der Waals surface area contributed by atoms with Crippen molar-refractivity contribution in [1.82, 2.24) is 4.98 Å². The van der Waals surface area contributed by atoms with E-state index in [-0.39, 0.29) is 0 Å². The summed E-state index contributed by atoms with van der Waals surface area (Å²) in [6.07, 6.45) is 4.38. The second-order valence-electron chi connectivity index (χ2n) is 3.81. The average molecular weight is 194 g/mol. The van der Waals surface area contributed by atoms with Gasteiger partial charge in [-0.3, -0.25) is 0 Å². The lowest BCUT2D eigenvalue weighted by molar-refractivity contribution is 0.241. The zero-order valence-electron chi connectivity index (χ0n) is 8.12. The molecule has 0 unspecified atom stereocenters. The van der Waals surface area contributed by atoms with Crippen LogP contribution in [0, 0.1) is 0 Å². The Morgan fingerprint density at radius 3 is 2.64 bits per heavy atom. The van der Waals surface area contributed by atoms with Crippen LogP contribution in [0.2, 0.25) is 0 Å². The van der Waals surface area contributed by atoms with Crippen molar-refractivity contribution in [1.29, 1.82) is 0 Å². The number of halogens is 1. The number of alkyl halides is 1. The third kappa shape index (κ3) is 2.44. The summed E-state index contributed by atoms with van der Waals surface area (Å²) in [5.41, 5.74) is 0. The minimum atomic E-state index is -0.586. The van der Waals surface area contributed by atoms with Gasteiger partial charge >= 0.3 is 0 Å². The van der Waals surface area contributed by atoms with Crippen molar-refractivity contribution >= 4 is 5.82 Å². The van der Waals surface area contributed by atoms with Crippen molar-refractivity contribution in [3.8, 4) is 0 Å². The molecule has 14 heavy (non-hydrogen) atoms. The summed E-state index contributed by atoms with van der Waals surface area (Å²) in [5, 5.41) is 3.32. The lowest BCUT2D eigenvalue weighted by atomic mass is 9.94. The molecule has 1 heterocycles. The van der Waals surface area contributed by atoms with Gasteiger partial charge in [-0.2, -0.15) is 0 Å². The third-order valence-electron chi connectivity index (χ3n) is 2.67. The standard InChI is InChI=1S/C11H15FN2/c12-9-4-6-10(7-5-9)14-11-3-1-2-8-13-11/h1-3,8-10H,4-7H2,(H,13,14). The Hall–Kier alpha value is -1.12. The van der Waals surface area contributed by atoms with Gasteiger partial charge in [0.1, 0.15) is 12.0 Å². The Labute approximate surface area is 83.6 Å². The summed E-state index contributed by atoms with van der Waals surface area (Å²) in [6.45, 7) is 0. The first-order valence-corrected chi connectivity index (χ1v) is 5.16. The molecule has 0 radical (unpaired) electrons. The number of nitrogens with zero attached hydrogens (tertiary/aromatic N) is 1. The van der Waals surface area contributed by atoms with E-state index >= 15 is 0 Å². The van der Waals surface area contributed by atoms with Gasteiger partial charge in [-0.1, -0.05) is 6.07 Å². The van der Waals surface area contributed by atoms with Crippen LogP contribution in [0.4, 0.5) is 10.2 Å². The van der Waals surface area contributed by atoms with E-state index in [2.05, 4.69) is 10.3 Å². The minimum Gasteiger partial charge on any atom is -0.367 e. The van der Waals surface area contributed by atoms with E-state index in [9.17, 15) is 4.39 Å². The van der Waals surface area contributed by atoms with Crippen LogP contribution in [-0.2, 0) is 0 Å². The van der Waals surface area contributed by atoms with Crippen molar-refractivity contribution in [2.24, 2.45) is 0 Å². The van der Waals surface area contributed by atoms with Gasteiger partial charge in [-0.15, -0.1) is 0 Å². The molecule has 0 amide bonds. The van der Waals surface area contributed by atoms with E-state index in [0.717, 1.165) is 18.7 Å². The molecular formula is C11H15FN2. The molecule has 0 aliphatic heterocycles. The van der Waals surface area contributed by atoms with Crippen molar-refractivity contribution in [2.45, 2.75) is 37.9 Å². The van der Waals surface area contributed by atoms with E-state index in [4.69, 9.17) is 0 Å². The van der Waals surface area contributed by atoms with Gasteiger partial charge in [0.2, 0.25) is 0 Å². The van der Waals surface area contributed by atoms with Crippen LogP contribution < -0.4 is 5.32 Å². The van der Waals surface area contributed by atoms with Crippen molar-refractivity contribution < 1.29 is 4.39 Å². The fourth-order valence-electron chi connectivity index (χ4n) is 1.85. The van der Waals surface area contributed by atoms with Crippen LogP contribution in [0.25, 0.3) is 0 Å². The highest BCUT2D eigenvalue weighted by Crippen LogP contribution is 2.23. The zero-order chi connectivity index (χ0) is 9.80. The number of anilines is 1. The summed E-state index contributed by atoms with van der Waals surface area (Å²) >= 11 is 0. The molecule has 0 bridgehead atoms. The Morgan fingerprint density at radius 2 is 2.00 bits per heavy atom. The molecule has 2 nitrogen and oxygen atoms in total. The maximum atomic E-state index is 12.9. The van der Waals surface area contributed by atoms with Crippen molar-refractivity contribution in [2.75, 3.05) is 5.32 Å². The molecule has 3 heteroatoms. The zero-order valence-corrected chi connectivity index (χ0v) is 8.12. The lowest BCUT2D eigenvalue weighted by Crippen LogP contribution is -2.26. The predicted octanol–water partition coefficient (Wildman–Crippen LogP) is 2.77. The summed E-state index contributed by atoms with van der Waals surface area (Å²) in [7, 11) is 0. The van der Waals surface area contributed by atoms with Crippen LogP contribution in [-0.4, -0.2) is 17.2 Å². The smallest absolute Gasteiger partial charge is 0.126 e. The third-order valence-corrected chi connectivity index (χ3v) is 2.67. The second-order valence-corrected chi connectivity index (χ2v) is 3.81. The minimum absolute atomic E-state index is 0.400. The van der Waals surface area contributed by atoms with Gasteiger partial charge in [0, 0.05) is 12.2 Å². The van der Waals surface area contributed by atoms with Crippen LogP contribution in [0.5, 0.6) is 0 Å². The van der Waals surface area contributed by atoms with E-state index < -0.39 is 6.17 Å². The second kappa shape index (κ2) is 4.40. The molecule has 0 spiro atoms. The Morgan fingerprint density at radius 1 is 1.21 bits per heavy atom. The van der Waals surface area contributed by atoms with E-state index in [0.29, 0.717) is 18.9 Å². The highest BCUT2D eigenvalue weighted by molar-refractivity contribution is 5.34. The summed E-state index contributed by atoms with van der Waals surface area (Å²) in [4.78, 5) is 4.19. The first-order chi connectivity index (χ1) is 6.84. The largest absolute Gasteiger partial charge is 0.367 e. The fourth-order valence-corrected chi connectivity index (χ4v) is 1.85. The highest BCUT2D eigenvalue weighted by Gasteiger charge is 2.20. The number of hydrogen-bond acceptors (Lipinski definition) is 2. The van der Waals surface area contributed by atoms with E-state index in [1.807, 2.05) is 18.2 Å². The summed E-state index contributed by atoms with van der Waals surface area (Å²) in [5.74, 6) is 0.898. The van der Waals surface area contributed by atoms with E-state index in [1.165, 1.54) is 0 Å². The molecule has 1 aliphatic carbocycles. The van der Waals surface area contributed by atoms with Gasteiger partial charge in [0.05, 0.1) is 0 Å². The molecule has 2 rings (SSSR count). The highest BCUT2D eigenvalue weighted by atomic mass is 19.1. The fraction of sp³-hybridized carbons (Fsp3) is 0.545. The maximum absolute atomic E-state index is 12.9. The molecular weight excluding hydrogens is 179 g/mol. The summed E-state index contributed by atoms with van der Waals surface area (Å²) < 4.78 is 12.9. The Bertz CT molecular complexity index is 268. The van der Waals surface area contributed by atoms with Crippen LogP contribution in [0.15, 0.2) is 24.4 Å². The average Bonchev–Trinajstić information content (AvgIpc) is 2.23. The maximum Gasteiger partial charge on any atom is 0.126 e. The molecule has 1 aliphatic rings. The molecule has 0 saturated heterocycles. The number of pyridine rings is 1. The molecule has 0 atom stereocenters. The molecule has 1 aromatic heterocycles. The summed E-state index contributed by atoms with van der Waals surface area (Å²) in [6, 6.07) is 6.19. The number of nitrogens with one attached hydrogen (secondary N) is 1. The SMILES string of the molecule is FC1CCC(Nc2ccccn2)CC1. The number of aromatic nitrogens is 1. The predicted molar refractivity (Wildman–Crippen MR) is 55.0 cm³/mol. The first-order valence-electron chi connectivity index (χ1n) is 5.16. The number of hydrogen-bond donors (Lipinski definition) is 1. The van der Waals surface area contributed by atoms with Gasteiger partial charge in [-0.05, 0) is 37.8 Å². The van der Waals surface area contributed by atoms with Crippen molar-refractivity contribution in [3.63, 3.8) is 0 Å². The number of rotatable bonds is 2. The first kappa shape index (κ1) is 9.44. The van der Waals surface area contributed by atoms with Crippen LogP contribution >= 0.6 is 0 Å². The van der Waals surface area contributed by atoms with Gasteiger partial charge in [0.15, 0.2) is 0 Å². The Kier molecular flexibility index (Phi) is 2.96.